The van der Waals surface area contributed by atoms with Gasteiger partial charge in [-0.05, 0) is 42.8 Å². The van der Waals surface area contributed by atoms with E-state index in [0.29, 0.717) is 29.5 Å². The quantitative estimate of drug-likeness (QED) is 0.692. The lowest BCUT2D eigenvalue weighted by molar-refractivity contribution is -0.118. The van der Waals surface area contributed by atoms with Gasteiger partial charge in [0.05, 0.1) is 24.3 Å². The van der Waals surface area contributed by atoms with Gasteiger partial charge >= 0.3 is 0 Å². The Morgan fingerprint density at radius 1 is 1.21 bits per heavy atom. The molecule has 1 heterocycles. The third kappa shape index (κ3) is 5.04. The maximum Gasteiger partial charge on any atom is 0.240 e. The van der Waals surface area contributed by atoms with E-state index in [1.807, 2.05) is 13.8 Å². The Bertz CT molecular complexity index is 1010. The van der Waals surface area contributed by atoms with Crippen molar-refractivity contribution < 1.29 is 22.7 Å². The maximum absolute atomic E-state index is 12.8. The van der Waals surface area contributed by atoms with Crippen LogP contribution in [0.4, 0.5) is 5.69 Å². The molecular formula is C20H24N2O5S2. The molecule has 0 aromatic heterocycles. The highest BCUT2D eigenvalue weighted by Crippen LogP contribution is 2.34. The summed E-state index contributed by atoms with van der Waals surface area (Å²) in [4.78, 5) is 13.0. The van der Waals surface area contributed by atoms with Crippen molar-refractivity contribution >= 4 is 33.4 Å². The molecule has 0 spiro atoms. The first kappa shape index (κ1) is 21.5. The van der Waals surface area contributed by atoms with Gasteiger partial charge in [0.1, 0.15) is 0 Å². The smallest absolute Gasteiger partial charge is 0.240 e. The van der Waals surface area contributed by atoms with Crippen LogP contribution in [-0.4, -0.2) is 33.8 Å². The van der Waals surface area contributed by atoms with E-state index in [0.717, 1.165) is 10.5 Å². The van der Waals surface area contributed by atoms with Crippen LogP contribution in [0.1, 0.15) is 19.4 Å². The fourth-order valence-corrected chi connectivity index (χ4v) is 4.86. The van der Waals surface area contributed by atoms with Gasteiger partial charge in [0, 0.05) is 23.1 Å². The van der Waals surface area contributed by atoms with Crippen LogP contribution in [0.15, 0.2) is 46.2 Å². The molecule has 0 bridgehead atoms. The summed E-state index contributed by atoms with van der Waals surface area (Å²) in [5, 5.41) is 2.81. The molecule has 2 aromatic carbocycles. The molecule has 1 aliphatic rings. The highest BCUT2D eigenvalue weighted by Gasteiger charge is 2.23. The fraction of sp³-hybridized carbons (Fsp3) is 0.350. The number of amides is 1. The lowest BCUT2D eigenvalue weighted by Gasteiger charge is -2.13. The Balaban J connectivity index is 1.77. The van der Waals surface area contributed by atoms with E-state index in [2.05, 4.69) is 10.0 Å². The lowest BCUT2D eigenvalue weighted by Crippen LogP contribution is -2.24. The second kappa shape index (κ2) is 9.06. The number of thioether (sulfide) groups is 1. The average molecular weight is 437 g/mol. The summed E-state index contributed by atoms with van der Waals surface area (Å²) in [6, 6.07) is 10.1. The second-order valence-electron chi connectivity index (χ2n) is 6.60. The van der Waals surface area contributed by atoms with Gasteiger partial charge in [0.15, 0.2) is 11.5 Å². The van der Waals surface area contributed by atoms with Crippen molar-refractivity contribution in [1.82, 2.24) is 4.72 Å². The van der Waals surface area contributed by atoms with E-state index in [-0.39, 0.29) is 23.3 Å². The Morgan fingerprint density at radius 2 is 2.00 bits per heavy atom. The monoisotopic (exact) mass is 436 g/mol. The summed E-state index contributed by atoms with van der Waals surface area (Å²) >= 11 is 1.54. The Labute approximate surface area is 175 Å². The highest BCUT2D eigenvalue weighted by atomic mass is 32.2. The summed E-state index contributed by atoms with van der Waals surface area (Å²) in [5.74, 6) is 1.56. The Kier molecular flexibility index (Phi) is 6.71. The predicted octanol–water partition coefficient (Wildman–Crippen LogP) is 3.25. The zero-order valence-electron chi connectivity index (χ0n) is 16.5. The van der Waals surface area contributed by atoms with Crippen molar-refractivity contribution in [3.05, 3.63) is 42.0 Å². The van der Waals surface area contributed by atoms with Crippen LogP contribution < -0.4 is 19.5 Å². The number of methoxy groups -OCH3 is 1. The first-order valence-corrected chi connectivity index (χ1v) is 11.7. The van der Waals surface area contributed by atoms with E-state index < -0.39 is 10.0 Å². The molecule has 2 aromatic rings. The first-order chi connectivity index (χ1) is 13.8. The largest absolute Gasteiger partial charge is 0.493 e. The molecule has 0 radical (unpaired) electrons. The Hall–Kier alpha value is -2.23. The van der Waals surface area contributed by atoms with Crippen molar-refractivity contribution in [1.29, 1.82) is 0 Å². The minimum Gasteiger partial charge on any atom is -0.493 e. The van der Waals surface area contributed by atoms with Crippen molar-refractivity contribution in [3.8, 4) is 11.5 Å². The molecule has 0 saturated carbocycles. The highest BCUT2D eigenvalue weighted by molar-refractivity contribution is 7.99. The van der Waals surface area contributed by atoms with Crippen LogP contribution in [0.3, 0.4) is 0 Å². The zero-order valence-corrected chi connectivity index (χ0v) is 18.2. The first-order valence-electron chi connectivity index (χ1n) is 9.21. The molecule has 0 fully saturated rings. The number of benzene rings is 2. The summed E-state index contributed by atoms with van der Waals surface area (Å²) in [7, 11) is -2.22. The summed E-state index contributed by atoms with van der Waals surface area (Å²) in [6.07, 6.45) is 0. The standard InChI is InChI=1S/C20H24N2O5S2/c1-4-27-17-7-5-14(9-18(17)26-3)11-21-29(24,25)15-6-8-19-16(10-15)22-20(23)13(2)12-28-19/h5-10,13,21H,4,11-12H2,1-3H3,(H,22,23). The second-order valence-corrected chi connectivity index (χ2v) is 9.43. The van der Waals surface area contributed by atoms with E-state index in [9.17, 15) is 13.2 Å². The topological polar surface area (TPSA) is 93.7 Å². The van der Waals surface area contributed by atoms with Gasteiger partial charge < -0.3 is 14.8 Å². The number of carbonyl (C=O) groups excluding carboxylic acids is 1. The maximum atomic E-state index is 12.8. The van der Waals surface area contributed by atoms with Crippen LogP contribution in [0, 0.1) is 5.92 Å². The predicted molar refractivity (Wildman–Crippen MR) is 113 cm³/mol. The molecule has 3 rings (SSSR count). The summed E-state index contributed by atoms with van der Waals surface area (Å²) in [6.45, 7) is 4.33. The van der Waals surface area contributed by atoms with Crippen LogP contribution in [0.5, 0.6) is 11.5 Å². The van der Waals surface area contributed by atoms with Gasteiger partial charge in [0.25, 0.3) is 0 Å². The van der Waals surface area contributed by atoms with E-state index >= 15 is 0 Å². The number of ether oxygens (including phenoxy) is 2. The molecule has 1 unspecified atom stereocenters. The third-order valence-electron chi connectivity index (χ3n) is 4.45. The molecule has 1 aliphatic heterocycles. The van der Waals surface area contributed by atoms with E-state index in [1.54, 1.807) is 30.3 Å². The molecule has 156 valence electrons. The molecule has 0 aliphatic carbocycles. The van der Waals surface area contributed by atoms with Gasteiger partial charge in [-0.25, -0.2) is 13.1 Å². The SMILES string of the molecule is CCOc1ccc(CNS(=O)(=O)c2ccc3c(c2)NC(=O)C(C)CS3)cc1OC. The number of hydrogen-bond acceptors (Lipinski definition) is 6. The lowest BCUT2D eigenvalue weighted by atomic mass is 10.2. The molecule has 9 heteroatoms. The summed E-state index contributed by atoms with van der Waals surface area (Å²) < 4.78 is 38.9. The van der Waals surface area contributed by atoms with Crippen LogP contribution in [-0.2, 0) is 21.4 Å². The average Bonchev–Trinajstić information content (AvgIpc) is 2.85. The molecule has 2 N–H and O–H groups in total. The Morgan fingerprint density at radius 3 is 2.72 bits per heavy atom. The minimum absolute atomic E-state index is 0.0975. The molecular weight excluding hydrogens is 412 g/mol. The number of sulfonamides is 1. The van der Waals surface area contributed by atoms with E-state index in [1.165, 1.54) is 24.9 Å². The number of hydrogen-bond donors (Lipinski definition) is 2. The third-order valence-corrected chi connectivity index (χ3v) is 7.18. The van der Waals surface area contributed by atoms with Gasteiger partial charge in [-0.2, -0.15) is 0 Å². The van der Waals surface area contributed by atoms with Crippen LogP contribution in [0.25, 0.3) is 0 Å². The number of anilines is 1. The van der Waals surface area contributed by atoms with Crippen molar-refractivity contribution in [3.63, 3.8) is 0 Å². The van der Waals surface area contributed by atoms with Gasteiger partial charge in [-0.1, -0.05) is 13.0 Å². The van der Waals surface area contributed by atoms with Crippen molar-refractivity contribution in [2.75, 3.05) is 24.8 Å². The zero-order chi connectivity index (χ0) is 21.0. The van der Waals surface area contributed by atoms with Crippen molar-refractivity contribution in [2.24, 2.45) is 5.92 Å². The normalized spacial score (nSPS) is 16.5. The molecule has 29 heavy (non-hydrogen) atoms. The van der Waals surface area contributed by atoms with Crippen molar-refractivity contribution in [2.45, 2.75) is 30.2 Å². The van der Waals surface area contributed by atoms with Gasteiger partial charge in [-0.15, -0.1) is 11.8 Å². The molecule has 7 nitrogen and oxygen atoms in total. The van der Waals surface area contributed by atoms with Crippen LogP contribution >= 0.6 is 11.8 Å². The number of fused-ring (bicyclic) bond motifs is 1. The summed E-state index contributed by atoms with van der Waals surface area (Å²) in [5.41, 5.74) is 1.26. The molecule has 1 amide bonds. The van der Waals surface area contributed by atoms with Gasteiger partial charge in [-0.3, -0.25) is 4.79 Å². The van der Waals surface area contributed by atoms with Crippen LogP contribution in [0.2, 0.25) is 0 Å². The van der Waals surface area contributed by atoms with Gasteiger partial charge in [0.2, 0.25) is 15.9 Å². The molecule has 0 saturated heterocycles. The fourth-order valence-electron chi connectivity index (χ4n) is 2.80. The number of rotatable bonds is 7. The molecule has 1 atom stereocenters. The minimum atomic E-state index is -3.76. The number of carbonyl (C=O) groups is 1. The van der Waals surface area contributed by atoms with E-state index in [4.69, 9.17) is 9.47 Å². The number of nitrogens with one attached hydrogen (secondary N) is 2.